The lowest BCUT2D eigenvalue weighted by Gasteiger charge is -2.37. The minimum absolute atomic E-state index is 0.0854. The van der Waals surface area contributed by atoms with Crippen molar-refractivity contribution in [3.8, 4) is 5.75 Å². The summed E-state index contributed by atoms with van der Waals surface area (Å²) in [5, 5.41) is 0.442. The molecule has 184 valence electrons. The van der Waals surface area contributed by atoms with Crippen LogP contribution in [0.2, 0.25) is 5.02 Å². The van der Waals surface area contributed by atoms with Crippen molar-refractivity contribution < 1.29 is 17.9 Å². The minimum Gasteiger partial charge on any atom is -0.497 e. The number of carbonyl (C=O) groups is 1. The molecule has 3 aromatic carbocycles. The Labute approximate surface area is 211 Å². The van der Waals surface area contributed by atoms with E-state index in [-0.39, 0.29) is 17.3 Å². The van der Waals surface area contributed by atoms with Crippen molar-refractivity contribution in [2.45, 2.75) is 11.8 Å². The molecule has 1 aliphatic rings. The second-order valence-electron chi connectivity index (χ2n) is 8.32. The predicted molar refractivity (Wildman–Crippen MR) is 139 cm³/mol. The molecule has 4 rings (SSSR count). The predicted octanol–water partition coefficient (Wildman–Crippen LogP) is 4.20. The highest BCUT2D eigenvalue weighted by atomic mass is 35.5. The lowest BCUT2D eigenvalue weighted by atomic mass is 10.2. The van der Waals surface area contributed by atoms with E-state index in [1.54, 1.807) is 24.1 Å². The van der Waals surface area contributed by atoms with Crippen molar-refractivity contribution in [3.05, 3.63) is 83.4 Å². The third-order valence-corrected chi connectivity index (χ3v) is 8.16. The van der Waals surface area contributed by atoms with Gasteiger partial charge in [0, 0.05) is 36.9 Å². The number of carbonyl (C=O) groups excluding carboxylic acids is 1. The van der Waals surface area contributed by atoms with Gasteiger partial charge in [-0.05, 0) is 67.1 Å². The largest absolute Gasteiger partial charge is 0.497 e. The molecular formula is C26H28ClN3O4S. The summed E-state index contributed by atoms with van der Waals surface area (Å²) in [6.45, 7) is 3.88. The SMILES string of the molecule is COc1ccc(N2CCN(C(=O)CN(c3ccccc3C)S(=O)(=O)c3ccc(Cl)cc3)CC2)cc1. The van der Waals surface area contributed by atoms with Gasteiger partial charge in [-0.15, -0.1) is 0 Å². The third kappa shape index (κ3) is 5.55. The Hall–Kier alpha value is -3.23. The fraction of sp³-hybridized carbons (Fsp3) is 0.269. The molecule has 1 saturated heterocycles. The van der Waals surface area contributed by atoms with E-state index in [0.717, 1.165) is 17.0 Å². The molecule has 0 spiro atoms. The smallest absolute Gasteiger partial charge is 0.264 e. The molecule has 0 unspecified atom stereocenters. The Kier molecular flexibility index (Phi) is 7.52. The van der Waals surface area contributed by atoms with E-state index in [4.69, 9.17) is 16.3 Å². The quantitative estimate of drug-likeness (QED) is 0.473. The third-order valence-electron chi connectivity index (χ3n) is 6.13. The number of piperazine rings is 1. The van der Waals surface area contributed by atoms with Crippen LogP contribution in [0.5, 0.6) is 5.75 Å². The average Bonchev–Trinajstić information content (AvgIpc) is 2.88. The standard InChI is InChI=1S/C26H28ClN3O4S/c1-20-5-3-4-6-25(20)30(35(32,33)24-13-7-21(27)8-14-24)19-26(31)29-17-15-28(16-18-29)22-9-11-23(34-2)12-10-22/h3-14H,15-19H2,1-2H3. The fourth-order valence-corrected chi connectivity index (χ4v) is 5.71. The molecular weight excluding hydrogens is 486 g/mol. The molecule has 9 heteroatoms. The minimum atomic E-state index is -3.98. The first-order valence-corrected chi connectivity index (χ1v) is 13.1. The number of methoxy groups -OCH3 is 1. The summed E-state index contributed by atoms with van der Waals surface area (Å²) in [6.07, 6.45) is 0. The number of hydrogen-bond acceptors (Lipinski definition) is 5. The highest BCUT2D eigenvalue weighted by molar-refractivity contribution is 7.92. The van der Waals surface area contributed by atoms with Crippen LogP contribution in [0.15, 0.2) is 77.7 Å². The van der Waals surface area contributed by atoms with Gasteiger partial charge in [-0.1, -0.05) is 29.8 Å². The summed E-state index contributed by atoms with van der Waals surface area (Å²) in [5.74, 6) is 0.556. The number of anilines is 2. The average molecular weight is 514 g/mol. The zero-order chi connectivity index (χ0) is 25.0. The number of halogens is 1. The van der Waals surface area contributed by atoms with Gasteiger partial charge in [0.25, 0.3) is 10.0 Å². The Morgan fingerprint density at radius 2 is 1.57 bits per heavy atom. The monoisotopic (exact) mass is 513 g/mol. The van der Waals surface area contributed by atoms with E-state index in [1.807, 2.05) is 43.3 Å². The van der Waals surface area contributed by atoms with Crippen molar-refractivity contribution >= 4 is 38.9 Å². The highest BCUT2D eigenvalue weighted by Gasteiger charge is 2.31. The van der Waals surface area contributed by atoms with Gasteiger partial charge in [-0.25, -0.2) is 8.42 Å². The molecule has 3 aromatic rings. The highest BCUT2D eigenvalue weighted by Crippen LogP contribution is 2.28. The maximum absolute atomic E-state index is 13.6. The molecule has 0 aromatic heterocycles. The van der Waals surface area contributed by atoms with Gasteiger partial charge in [-0.2, -0.15) is 0 Å². The molecule has 0 N–H and O–H groups in total. The summed E-state index contributed by atoms with van der Waals surface area (Å²) in [6, 6.07) is 21.0. The molecule has 0 radical (unpaired) electrons. The first-order chi connectivity index (χ1) is 16.8. The molecule has 1 aliphatic heterocycles. The first-order valence-electron chi connectivity index (χ1n) is 11.3. The number of para-hydroxylation sites is 1. The number of amides is 1. The summed E-state index contributed by atoms with van der Waals surface area (Å²) >= 11 is 5.96. The van der Waals surface area contributed by atoms with Crippen molar-refractivity contribution in [2.75, 3.05) is 49.0 Å². The van der Waals surface area contributed by atoms with Crippen LogP contribution in [-0.2, 0) is 14.8 Å². The Morgan fingerprint density at radius 1 is 0.943 bits per heavy atom. The van der Waals surface area contributed by atoms with Gasteiger partial charge in [0.05, 0.1) is 17.7 Å². The van der Waals surface area contributed by atoms with E-state index in [0.29, 0.717) is 36.9 Å². The van der Waals surface area contributed by atoms with Crippen LogP contribution in [0.4, 0.5) is 11.4 Å². The summed E-state index contributed by atoms with van der Waals surface area (Å²) in [4.78, 5) is 17.3. The topological polar surface area (TPSA) is 70.2 Å². The van der Waals surface area contributed by atoms with Crippen molar-refractivity contribution in [1.82, 2.24) is 4.90 Å². The number of nitrogens with zero attached hydrogens (tertiary/aromatic N) is 3. The van der Waals surface area contributed by atoms with Gasteiger partial charge in [0.15, 0.2) is 0 Å². The van der Waals surface area contributed by atoms with Crippen LogP contribution in [0.1, 0.15) is 5.56 Å². The summed E-state index contributed by atoms with van der Waals surface area (Å²) < 4.78 is 33.6. The summed E-state index contributed by atoms with van der Waals surface area (Å²) in [5.41, 5.74) is 2.31. The number of benzene rings is 3. The number of rotatable bonds is 7. The van der Waals surface area contributed by atoms with E-state index >= 15 is 0 Å². The van der Waals surface area contributed by atoms with Crippen LogP contribution in [0.25, 0.3) is 0 Å². The molecule has 0 atom stereocenters. The Morgan fingerprint density at radius 3 is 2.17 bits per heavy atom. The molecule has 35 heavy (non-hydrogen) atoms. The molecule has 0 saturated carbocycles. The van der Waals surface area contributed by atoms with Crippen molar-refractivity contribution in [2.24, 2.45) is 0 Å². The molecule has 1 amide bonds. The Bertz CT molecular complexity index is 1270. The second kappa shape index (κ2) is 10.6. The van der Waals surface area contributed by atoms with Gasteiger partial charge >= 0.3 is 0 Å². The van der Waals surface area contributed by atoms with Crippen LogP contribution in [-0.4, -0.2) is 59.1 Å². The second-order valence-corrected chi connectivity index (χ2v) is 10.6. The van der Waals surface area contributed by atoms with Crippen LogP contribution in [0.3, 0.4) is 0 Å². The molecule has 1 fully saturated rings. The number of aryl methyl sites for hydroxylation is 1. The van der Waals surface area contributed by atoms with E-state index in [9.17, 15) is 13.2 Å². The normalized spacial score (nSPS) is 14.0. The van der Waals surface area contributed by atoms with E-state index in [2.05, 4.69) is 4.90 Å². The van der Waals surface area contributed by atoms with Gasteiger partial charge in [0.2, 0.25) is 5.91 Å². The zero-order valence-electron chi connectivity index (χ0n) is 19.7. The fourth-order valence-electron chi connectivity index (χ4n) is 4.11. The van der Waals surface area contributed by atoms with Crippen LogP contribution < -0.4 is 13.9 Å². The van der Waals surface area contributed by atoms with Gasteiger partial charge < -0.3 is 14.5 Å². The summed E-state index contributed by atoms with van der Waals surface area (Å²) in [7, 11) is -2.35. The van der Waals surface area contributed by atoms with Crippen molar-refractivity contribution in [3.63, 3.8) is 0 Å². The lowest BCUT2D eigenvalue weighted by Crippen LogP contribution is -2.52. The van der Waals surface area contributed by atoms with Gasteiger partial charge in [-0.3, -0.25) is 9.10 Å². The maximum atomic E-state index is 13.6. The van der Waals surface area contributed by atoms with Crippen LogP contribution in [0, 0.1) is 6.92 Å². The molecule has 0 aliphatic carbocycles. The van der Waals surface area contributed by atoms with E-state index < -0.39 is 10.0 Å². The zero-order valence-corrected chi connectivity index (χ0v) is 21.3. The molecule has 0 bridgehead atoms. The van der Waals surface area contributed by atoms with E-state index in [1.165, 1.54) is 28.6 Å². The van der Waals surface area contributed by atoms with Crippen molar-refractivity contribution in [1.29, 1.82) is 0 Å². The molecule has 1 heterocycles. The Balaban J connectivity index is 1.52. The number of sulfonamides is 1. The number of ether oxygens (including phenoxy) is 1. The first kappa shape index (κ1) is 24.9. The molecule has 7 nitrogen and oxygen atoms in total. The lowest BCUT2D eigenvalue weighted by molar-refractivity contribution is -0.129. The van der Waals surface area contributed by atoms with Gasteiger partial charge in [0.1, 0.15) is 12.3 Å². The maximum Gasteiger partial charge on any atom is 0.264 e. The van der Waals surface area contributed by atoms with Crippen LogP contribution >= 0.6 is 11.6 Å². The number of hydrogen-bond donors (Lipinski definition) is 0.